The zero-order chi connectivity index (χ0) is 14.3. The van der Waals surface area contributed by atoms with Gasteiger partial charge in [-0.25, -0.2) is 13.1 Å². The Hall–Kier alpha value is -1.44. The summed E-state index contributed by atoms with van der Waals surface area (Å²) in [5.74, 6) is -1.31. The average Bonchev–Trinajstić information content (AvgIpc) is 2.36. The number of rotatable bonds is 8. The van der Waals surface area contributed by atoms with Gasteiger partial charge in [-0.2, -0.15) is 0 Å². The minimum Gasteiger partial charge on any atom is -0.481 e. The standard InChI is InChI=1S/C12H17NO5S/c14-9-11(10-5-2-1-3-6-10)13-19(17,18)8-4-7-12(15)16/h1-3,5-6,11,13-14H,4,7-9H2,(H,15,16)/t11-/m0/s1. The molecule has 0 heterocycles. The number of benzene rings is 1. The third-order valence-corrected chi connectivity index (χ3v) is 3.98. The molecule has 0 bridgehead atoms. The monoisotopic (exact) mass is 287 g/mol. The second-order valence-electron chi connectivity index (χ2n) is 4.08. The molecule has 1 atom stereocenters. The van der Waals surface area contributed by atoms with Crippen molar-refractivity contribution in [3.8, 4) is 0 Å². The van der Waals surface area contributed by atoms with Crippen LogP contribution in [0.1, 0.15) is 24.4 Å². The topological polar surface area (TPSA) is 104 Å². The fourth-order valence-corrected chi connectivity index (χ4v) is 2.87. The summed E-state index contributed by atoms with van der Waals surface area (Å²) in [6.07, 6.45) is -0.159. The van der Waals surface area contributed by atoms with Crippen LogP contribution < -0.4 is 4.72 Å². The molecule has 0 aromatic heterocycles. The van der Waals surface area contributed by atoms with E-state index in [2.05, 4.69) is 4.72 Å². The number of aliphatic carboxylic acids is 1. The third kappa shape index (κ3) is 5.82. The van der Waals surface area contributed by atoms with Crippen molar-refractivity contribution in [2.45, 2.75) is 18.9 Å². The summed E-state index contributed by atoms with van der Waals surface area (Å²) in [5.41, 5.74) is 0.659. The predicted molar refractivity (Wildman–Crippen MR) is 70.1 cm³/mol. The summed E-state index contributed by atoms with van der Waals surface area (Å²) < 4.78 is 25.8. The minimum absolute atomic E-state index is 0.0393. The van der Waals surface area contributed by atoms with Gasteiger partial charge in [0, 0.05) is 6.42 Å². The molecule has 7 heteroatoms. The van der Waals surface area contributed by atoms with Crippen LogP contribution in [0.3, 0.4) is 0 Å². The highest BCUT2D eigenvalue weighted by Gasteiger charge is 2.18. The first-order valence-corrected chi connectivity index (χ1v) is 7.47. The molecule has 0 fully saturated rings. The van der Waals surface area contributed by atoms with E-state index < -0.39 is 22.0 Å². The van der Waals surface area contributed by atoms with Crippen LogP contribution in [0.15, 0.2) is 30.3 Å². The molecule has 0 radical (unpaired) electrons. The zero-order valence-corrected chi connectivity index (χ0v) is 11.1. The molecule has 1 aromatic carbocycles. The van der Waals surface area contributed by atoms with Crippen molar-refractivity contribution < 1.29 is 23.4 Å². The van der Waals surface area contributed by atoms with Crippen molar-refractivity contribution >= 4 is 16.0 Å². The number of carboxylic acids is 1. The van der Waals surface area contributed by atoms with E-state index >= 15 is 0 Å². The van der Waals surface area contributed by atoms with Crippen LogP contribution in [0.5, 0.6) is 0 Å². The van der Waals surface area contributed by atoms with Gasteiger partial charge < -0.3 is 10.2 Å². The second kappa shape index (κ2) is 7.22. The summed E-state index contributed by atoms with van der Waals surface area (Å²) in [7, 11) is -3.61. The van der Waals surface area contributed by atoms with Crippen LogP contribution in [-0.4, -0.2) is 37.0 Å². The second-order valence-corrected chi connectivity index (χ2v) is 5.95. The number of nitrogens with one attached hydrogen (secondary N) is 1. The van der Waals surface area contributed by atoms with Gasteiger partial charge in [-0.05, 0) is 12.0 Å². The maximum atomic E-state index is 11.7. The van der Waals surface area contributed by atoms with E-state index in [0.717, 1.165) is 0 Å². The van der Waals surface area contributed by atoms with Crippen molar-refractivity contribution in [2.75, 3.05) is 12.4 Å². The summed E-state index contributed by atoms with van der Waals surface area (Å²) in [4.78, 5) is 10.3. The van der Waals surface area contributed by atoms with Crippen molar-refractivity contribution in [2.24, 2.45) is 0 Å². The molecule has 106 valence electrons. The smallest absolute Gasteiger partial charge is 0.303 e. The first kappa shape index (κ1) is 15.6. The van der Waals surface area contributed by atoms with Gasteiger partial charge in [-0.15, -0.1) is 0 Å². The van der Waals surface area contributed by atoms with Crippen LogP contribution in [0.2, 0.25) is 0 Å². The van der Waals surface area contributed by atoms with Crippen LogP contribution in [0.4, 0.5) is 0 Å². The van der Waals surface area contributed by atoms with E-state index in [1.165, 1.54) is 0 Å². The molecule has 19 heavy (non-hydrogen) atoms. The van der Waals surface area contributed by atoms with E-state index in [1.807, 2.05) is 0 Å². The molecule has 0 amide bonds. The Balaban J connectivity index is 2.62. The van der Waals surface area contributed by atoms with Gasteiger partial charge in [0.1, 0.15) is 0 Å². The van der Waals surface area contributed by atoms with Crippen molar-refractivity contribution in [3.05, 3.63) is 35.9 Å². The van der Waals surface area contributed by atoms with Gasteiger partial charge in [-0.1, -0.05) is 30.3 Å². The Morgan fingerprint density at radius 1 is 1.26 bits per heavy atom. The third-order valence-electron chi connectivity index (χ3n) is 2.51. The number of carboxylic acid groups (broad SMARTS) is 1. The molecule has 0 aliphatic carbocycles. The summed E-state index contributed by atoms with van der Waals surface area (Å²) >= 11 is 0. The van der Waals surface area contributed by atoms with Gasteiger partial charge in [0.2, 0.25) is 10.0 Å². The SMILES string of the molecule is O=C(O)CCCS(=O)(=O)N[C@@H](CO)c1ccccc1. The molecule has 0 aliphatic heterocycles. The zero-order valence-electron chi connectivity index (χ0n) is 10.3. The summed E-state index contributed by atoms with van der Waals surface area (Å²) in [6, 6.07) is 7.99. The van der Waals surface area contributed by atoms with Gasteiger partial charge >= 0.3 is 5.97 Å². The Bertz CT molecular complexity index is 500. The summed E-state index contributed by atoms with van der Waals surface area (Å²) in [6.45, 7) is -0.359. The van der Waals surface area contributed by atoms with Crippen LogP contribution in [0.25, 0.3) is 0 Å². The Kier molecular flexibility index (Phi) is 5.94. The van der Waals surface area contributed by atoms with E-state index in [4.69, 9.17) is 5.11 Å². The molecule has 6 nitrogen and oxygen atoms in total. The highest BCUT2D eigenvalue weighted by Crippen LogP contribution is 2.13. The molecule has 0 saturated carbocycles. The maximum absolute atomic E-state index is 11.7. The fourth-order valence-electron chi connectivity index (χ4n) is 1.59. The minimum atomic E-state index is -3.61. The van der Waals surface area contributed by atoms with Crippen LogP contribution >= 0.6 is 0 Å². The van der Waals surface area contributed by atoms with E-state index in [9.17, 15) is 18.3 Å². The molecule has 3 N–H and O–H groups in total. The van der Waals surface area contributed by atoms with Gasteiger partial charge in [0.15, 0.2) is 0 Å². The highest BCUT2D eigenvalue weighted by molar-refractivity contribution is 7.89. The van der Waals surface area contributed by atoms with Gasteiger partial charge in [0.05, 0.1) is 18.4 Å². The highest BCUT2D eigenvalue weighted by atomic mass is 32.2. The lowest BCUT2D eigenvalue weighted by molar-refractivity contribution is -0.137. The molecule has 1 rings (SSSR count). The van der Waals surface area contributed by atoms with Crippen molar-refractivity contribution in [3.63, 3.8) is 0 Å². The Morgan fingerprint density at radius 3 is 2.42 bits per heavy atom. The number of hydrogen-bond donors (Lipinski definition) is 3. The first-order chi connectivity index (χ1) is 8.94. The van der Waals surface area contributed by atoms with E-state index in [-0.39, 0.29) is 25.2 Å². The number of hydrogen-bond acceptors (Lipinski definition) is 4. The molecule has 0 spiro atoms. The number of aliphatic hydroxyl groups is 1. The van der Waals surface area contributed by atoms with Crippen molar-refractivity contribution in [1.82, 2.24) is 4.72 Å². The van der Waals surface area contributed by atoms with Gasteiger partial charge in [-0.3, -0.25) is 4.79 Å². The van der Waals surface area contributed by atoms with E-state index in [0.29, 0.717) is 5.56 Å². The predicted octanol–water partition coefficient (Wildman–Crippen LogP) is 0.504. The number of carbonyl (C=O) groups is 1. The Labute approximate surface area is 112 Å². The lowest BCUT2D eigenvalue weighted by Crippen LogP contribution is -2.32. The van der Waals surface area contributed by atoms with Crippen molar-refractivity contribution in [1.29, 1.82) is 0 Å². The normalized spacial score (nSPS) is 13.1. The van der Waals surface area contributed by atoms with Crippen LogP contribution in [-0.2, 0) is 14.8 Å². The summed E-state index contributed by atoms with van der Waals surface area (Å²) in [5, 5.41) is 17.7. The Morgan fingerprint density at radius 2 is 1.89 bits per heavy atom. The number of aliphatic hydroxyl groups excluding tert-OH is 1. The average molecular weight is 287 g/mol. The maximum Gasteiger partial charge on any atom is 0.303 e. The van der Waals surface area contributed by atoms with Crippen LogP contribution in [0, 0.1) is 0 Å². The van der Waals surface area contributed by atoms with Gasteiger partial charge in [0.25, 0.3) is 0 Å². The molecule has 0 unspecified atom stereocenters. The lowest BCUT2D eigenvalue weighted by atomic mass is 10.1. The largest absolute Gasteiger partial charge is 0.481 e. The first-order valence-electron chi connectivity index (χ1n) is 5.82. The lowest BCUT2D eigenvalue weighted by Gasteiger charge is -2.16. The quantitative estimate of drug-likeness (QED) is 0.646. The molecule has 0 saturated heterocycles. The number of sulfonamides is 1. The molecular weight excluding hydrogens is 270 g/mol. The molecule has 0 aliphatic rings. The molecule has 1 aromatic rings. The van der Waals surface area contributed by atoms with E-state index in [1.54, 1.807) is 30.3 Å². The fraction of sp³-hybridized carbons (Fsp3) is 0.417. The molecular formula is C12H17NO5S.